The first-order valence-corrected chi connectivity index (χ1v) is 10.2. The van der Waals surface area contributed by atoms with Crippen LogP contribution in [0.25, 0.3) is 0 Å². The lowest BCUT2D eigenvalue weighted by Gasteiger charge is -2.17. The molecule has 0 spiro atoms. The van der Waals surface area contributed by atoms with Gasteiger partial charge in [0.25, 0.3) is 17.4 Å². The van der Waals surface area contributed by atoms with Gasteiger partial charge in [-0.3, -0.25) is 24.2 Å². The third-order valence-electron chi connectivity index (χ3n) is 4.68. The first kappa shape index (κ1) is 24.0. The molecule has 0 aliphatic heterocycles. The molecule has 0 aliphatic rings. The van der Waals surface area contributed by atoms with E-state index in [-0.39, 0.29) is 17.7 Å². The highest BCUT2D eigenvalue weighted by Gasteiger charge is 2.22. The first-order valence-electron chi connectivity index (χ1n) is 10.2. The molecule has 2 amide bonds. The van der Waals surface area contributed by atoms with E-state index in [4.69, 9.17) is 0 Å². The maximum absolute atomic E-state index is 12.6. The Morgan fingerprint density at radius 2 is 1.53 bits per heavy atom. The van der Waals surface area contributed by atoms with Gasteiger partial charge in [-0.2, -0.15) is 0 Å². The Kier molecular flexibility index (Phi) is 7.94. The quantitative estimate of drug-likeness (QED) is 0.326. The van der Waals surface area contributed by atoms with E-state index in [2.05, 4.69) is 27.5 Å². The van der Waals surface area contributed by atoms with E-state index < -0.39 is 41.7 Å². The van der Waals surface area contributed by atoms with Gasteiger partial charge in [0.15, 0.2) is 11.7 Å². The van der Waals surface area contributed by atoms with Crippen LogP contribution in [0, 0.1) is 11.8 Å². The normalized spacial score (nSPS) is 11.0. The number of Topliss-reactive ketones (excluding diaryl/α,β-unsaturated/α-hetero) is 1. The van der Waals surface area contributed by atoms with E-state index in [1.807, 2.05) is 30.3 Å². The second-order valence-corrected chi connectivity index (χ2v) is 7.17. The van der Waals surface area contributed by atoms with Gasteiger partial charge in [-0.25, -0.2) is 0 Å². The zero-order valence-electron chi connectivity index (χ0n) is 17.9. The molecular weight excluding hydrogens is 438 g/mol. The number of amides is 2. The fourth-order valence-electron chi connectivity index (χ4n) is 2.92. The molecule has 172 valence electrons. The standard InChI is InChI=1S/C25H21N3O6/c29-15-21(30)20(14-26-24(33)19-12-22(31)28-23(32)13-19)27-25(34)18-10-8-17(9-11-18)7-6-16-4-2-1-3-5-16/h1-5,8-13,20,29H,14-15H2,(H,26,33)(H,27,34)(H2,28,31,32)/t20-/m0/s1. The van der Waals surface area contributed by atoms with Gasteiger partial charge in [0.2, 0.25) is 0 Å². The van der Waals surface area contributed by atoms with Crippen molar-refractivity contribution in [3.8, 4) is 17.7 Å². The number of carbonyl (C=O) groups excluding carboxylic acids is 3. The molecule has 3 aromatic rings. The number of aliphatic hydroxyl groups excluding tert-OH is 1. The van der Waals surface area contributed by atoms with Gasteiger partial charge in [-0.15, -0.1) is 0 Å². The number of benzene rings is 2. The monoisotopic (exact) mass is 459 g/mol. The van der Waals surface area contributed by atoms with Crippen molar-refractivity contribution in [3.05, 3.63) is 99.3 Å². The van der Waals surface area contributed by atoms with Crippen molar-refractivity contribution in [3.63, 3.8) is 0 Å². The van der Waals surface area contributed by atoms with Crippen molar-refractivity contribution < 1.29 is 24.6 Å². The number of rotatable bonds is 7. The van der Waals surface area contributed by atoms with E-state index in [0.717, 1.165) is 17.7 Å². The van der Waals surface area contributed by atoms with Crippen LogP contribution in [-0.4, -0.2) is 52.0 Å². The molecule has 9 nitrogen and oxygen atoms in total. The third-order valence-corrected chi connectivity index (χ3v) is 4.68. The topological polar surface area (TPSA) is 149 Å². The van der Waals surface area contributed by atoms with Crippen molar-refractivity contribution in [2.24, 2.45) is 0 Å². The molecule has 34 heavy (non-hydrogen) atoms. The zero-order valence-corrected chi connectivity index (χ0v) is 17.9. The SMILES string of the molecule is O=C(NC[C@H](NC(=O)c1ccc(C#Cc2ccccc2)cc1)C(=O)CO)c1cc(O)[nH]c(=O)c1. The van der Waals surface area contributed by atoms with Crippen molar-refractivity contribution in [1.82, 2.24) is 15.6 Å². The average Bonchev–Trinajstić information content (AvgIpc) is 2.84. The van der Waals surface area contributed by atoms with Gasteiger partial charge in [0.05, 0.1) is 5.56 Å². The number of aromatic nitrogens is 1. The summed E-state index contributed by atoms with van der Waals surface area (Å²) in [6, 6.07) is 16.6. The van der Waals surface area contributed by atoms with Gasteiger partial charge < -0.3 is 20.8 Å². The van der Waals surface area contributed by atoms with Crippen LogP contribution in [0.2, 0.25) is 0 Å². The van der Waals surface area contributed by atoms with Gasteiger partial charge in [0, 0.05) is 35.4 Å². The van der Waals surface area contributed by atoms with Crippen LogP contribution in [0.3, 0.4) is 0 Å². The van der Waals surface area contributed by atoms with Gasteiger partial charge in [0.1, 0.15) is 12.6 Å². The highest BCUT2D eigenvalue weighted by atomic mass is 16.3. The van der Waals surface area contributed by atoms with Crippen molar-refractivity contribution in [2.75, 3.05) is 13.2 Å². The number of nitrogens with one attached hydrogen (secondary N) is 3. The lowest BCUT2D eigenvalue weighted by Crippen LogP contribution is -2.49. The molecule has 5 N–H and O–H groups in total. The molecule has 0 aliphatic carbocycles. The molecule has 0 radical (unpaired) electrons. The number of ketones is 1. The summed E-state index contributed by atoms with van der Waals surface area (Å²) >= 11 is 0. The molecule has 0 unspecified atom stereocenters. The van der Waals surface area contributed by atoms with E-state index in [0.29, 0.717) is 5.56 Å². The molecule has 0 fully saturated rings. The highest BCUT2D eigenvalue weighted by Crippen LogP contribution is 2.06. The van der Waals surface area contributed by atoms with Crippen LogP contribution in [0.1, 0.15) is 31.8 Å². The Morgan fingerprint density at radius 1 is 0.882 bits per heavy atom. The predicted molar refractivity (Wildman–Crippen MR) is 123 cm³/mol. The fourth-order valence-corrected chi connectivity index (χ4v) is 2.92. The molecule has 0 saturated heterocycles. The van der Waals surface area contributed by atoms with Crippen LogP contribution < -0.4 is 16.2 Å². The summed E-state index contributed by atoms with van der Waals surface area (Å²) in [6.45, 7) is -1.18. The van der Waals surface area contributed by atoms with E-state index in [1.54, 1.807) is 24.3 Å². The molecule has 0 bridgehead atoms. The second kappa shape index (κ2) is 11.3. The van der Waals surface area contributed by atoms with E-state index in [9.17, 15) is 29.4 Å². The molecule has 1 atom stereocenters. The van der Waals surface area contributed by atoms with Crippen molar-refractivity contribution in [1.29, 1.82) is 0 Å². The number of carbonyl (C=O) groups is 3. The minimum atomic E-state index is -1.21. The first-order chi connectivity index (χ1) is 16.4. The van der Waals surface area contributed by atoms with Gasteiger partial charge in [-0.1, -0.05) is 30.0 Å². The molecule has 9 heteroatoms. The summed E-state index contributed by atoms with van der Waals surface area (Å²) in [5, 5.41) is 23.5. The summed E-state index contributed by atoms with van der Waals surface area (Å²) in [7, 11) is 0. The molecule has 0 saturated carbocycles. The zero-order chi connectivity index (χ0) is 24.5. The Morgan fingerprint density at radius 3 is 2.15 bits per heavy atom. The third kappa shape index (κ3) is 6.66. The largest absolute Gasteiger partial charge is 0.494 e. The molecule has 1 heterocycles. The Balaban J connectivity index is 1.64. The van der Waals surface area contributed by atoms with Crippen LogP contribution in [0.4, 0.5) is 0 Å². The van der Waals surface area contributed by atoms with Crippen molar-refractivity contribution in [2.45, 2.75) is 6.04 Å². The Hall–Kier alpha value is -4.68. The number of H-pyrrole nitrogens is 1. The highest BCUT2D eigenvalue weighted by molar-refractivity contribution is 5.99. The van der Waals surface area contributed by atoms with Crippen molar-refractivity contribution >= 4 is 17.6 Å². The molecule has 1 aromatic heterocycles. The van der Waals surface area contributed by atoms with Crippen LogP contribution >= 0.6 is 0 Å². The fraction of sp³-hybridized carbons (Fsp3) is 0.120. The molecular formula is C25H21N3O6. The average molecular weight is 459 g/mol. The van der Waals surface area contributed by atoms with Crippen LogP contribution in [-0.2, 0) is 4.79 Å². The maximum atomic E-state index is 12.6. The van der Waals surface area contributed by atoms with Crippen LogP contribution in [0.15, 0.2) is 71.5 Å². The Bertz CT molecular complexity index is 1300. The van der Waals surface area contributed by atoms with Crippen LogP contribution in [0.5, 0.6) is 5.88 Å². The number of aromatic hydroxyl groups is 1. The molecule has 3 rings (SSSR count). The summed E-state index contributed by atoms with van der Waals surface area (Å²) < 4.78 is 0. The number of aliphatic hydroxyl groups is 1. The van der Waals surface area contributed by atoms with E-state index >= 15 is 0 Å². The lowest BCUT2D eigenvalue weighted by molar-refractivity contribution is -0.123. The smallest absolute Gasteiger partial charge is 0.251 e. The maximum Gasteiger partial charge on any atom is 0.251 e. The summed E-state index contributed by atoms with van der Waals surface area (Å²) in [4.78, 5) is 50.4. The number of hydrogen-bond acceptors (Lipinski definition) is 6. The number of hydrogen-bond donors (Lipinski definition) is 5. The van der Waals surface area contributed by atoms with Gasteiger partial charge >= 0.3 is 0 Å². The number of pyridine rings is 1. The lowest BCUT2D eigenvalue weighted by atomic mass is 10.1. The minimum Gasteiger partial charge on any atom is -0.494 e. The number of aromatic amines is 1. The summed E-state index contributed by atoms with van der Waals surface area (Å²) in [6.07, 6.45) is 0. The second-order valence-electron chi connectivity index (χ2n) is 7.17. The molecule has 2 aromatic carbocycles. The minimum absolute atomic E-state index is 0.130. The summed E-state index contributed by atoms with van der Waals surface area (Å²) in [5.41, 5.74) is 0.990. The summed E-state index contributed by atoms with van der Waals surface area (Å²) in [5.74, 6) is 3.47. The van der Waals surface area contributed by atoms with E-state index in [1.165, 1.54) is 0 Å². The predicted octanol–water partition coefficient (Wildman–Crippen LogP) is 0.570. The van der Waals surface area contributed by atoms with Gasteiger partial charge in [-0.05, 0) is 36.4 Å². The Labute approximate surface area is 194 Å².